The fourth-order valence-corrected chi connectivity index (χ4v) is 3.34. The monoisotopic (exact) mass is 376 g/mol. The molecule has 0 aliphatic carbocycles. The first kappa shape index (κ1) is 17.8. The minimum Gasteiger partial charge on any atom is -0.395 e. The van der Waals surface area contributed by atoms with Gasteiger partial charge in [0.1, 0.15) is 11.2 Å². The van der Waals surface area contributed by atoms with Crippen LogP contribution in [0.1, 0.15) is 5.56 Å². The molecule has 10 nitrogen and oxygen atoms in total. The molecule has 2 heterocycles. The van der Waals surface area contributed by atoms with Gasteiger partial charge in [-0.2, -0.15) is 9.97 Å². The molecular weight excluding hydrogens is 360 g/mol. The standard InChI is InChI=1S/C15H16N6O4S/c1-9-2-4-10(5-3-9)26(24,25)20-13-11(16)12-14(19-15(23)18-13)21(6-7-22)8-17-12/h2-5,8,22H,6-7H2,1H3,(H3,16,18,19,20,23). The summed E-state index contributed by atoms with van der Waals surface area (Å²) in [6.45, 7) is 1.78. The molecule has 0 aliphatic heterocycles. The molecule has 136 valence electrons. The number of anilines is 2. The second-order valence-electron chi connectivity index (χ2n) is 5.52. The number of nitrogens with zero attached hydrogens (tertiary/aromatic N) is 4. The van der Waals surface area contributed by atoms with E-state index in [9.17, 15) is 13.2 Å². The maximum absolute atomic E-state index is 12.5. The smallest absolute Gasteiger partial charge is 0.371 e. The van der Waals surface area contributed by atoms with Crippen LogP contribution in [-0.2, 0) is 16.6 Å². The molecule has 0 saturated heterocycles. The number of aliphatic hydroxyl groups is 1. The lowest BCUT2D eigenvalue weighted by molar-refractivity contribution is 0.277. The Hall–Kier alpha value is -3.05. The van der Waals surface area contributed by atoms with Crippen molar-refractivity contribution in [3.05, 3.63) is 46.6 Å². The Morgan fingerprint density at radius 3 is 2.58 bits per heavy atom. The Morgan fingerprint density at radius 2 is 1.92 bits per heavy atom. The highest BCUT2D eigenvalue weighted by Crippen LogP contribution is 2.24. The Morgan fingerprint density at radius 1 is 1.23 bits per heavy atom. The van der Waals surface area contributed by atoms with Gasteiger partial charge in [0.05, 0.1) is 17.8 Å². The Balaban J connectivity index is 2.12. The predicted molar refractivity (Wildman–Crippen MR) is 95.1 cm³/mol. The Labute approximate surface area is 148 Å². The molecule has 3 rings (SSSR count). The fourth-order valence-electron chi connectivity index (χ4n) is 2.32. The summed E-state index contributed by atoms with van der Waals surface area (Å²) in [4.78, 5) is 23.4. The van der Waals surface area contributed by atoms with Gasteiger partial charge in [-0.05, 0) is 19.1 Å². The van der Waals surface area contributed by atoms with Crippen LogP contribution in [0.4, 0.5) is 11.5 Å². The molecular formula is C15H16N6O4S. The number of benzene rings is 1. The number of nitrogen functional groups attached to an aromatic ring is 1. The number of hydrogen-bond acceptors (Lipinski definition) is 8. The van der Waals surface area contributed by atoms with Gasteiger partial charge in [0, 0.05) is 6.54 Å². The van der Waals surface area contributed by atoms with Gasteiger partial charge in [0.25, 0.3) is 10.0 Å². The minimum atomic E-state index is -4.01. The van der Waals surface area contributed by atoms with E-state index in [1.807, 2.05) is 6.92 Å². The van der Waals surface area contributed by atoms with Crippen LogP contribution in [0.25, 0.3) is 11.2 Å². The van der Waals surface area contributed by atoms with Gasteiger partial charge in [-0.1, -0.05) is 17.7 Å². The summed E-state index contributed by atoms with van der Waals surface area (Å²) in [5.74, 6) is -0.354. The number of imidazole rings is 1. The van der Waals surface area contributed by atoms with Crippen LogP contribution in [0.5, 0.6) is 0 Å². The molecule has 0 bridgehead atoms. The van der Waals surface area contributed by atoms with E-state index >= 15 is 0 Å². The molecule has 0 unspecified atom stereocenters. The van der Waals surface area contributed by atoms with Gasteiger partial charge in [0.2, 0.25) is 0 Å². The summed E-state index contributed by atoms with van der Waals surface area (Å²) >= 11 is 0. The highest BCUT2D eigenvalue weighted by molar-refractivity contribution is 7.92. The average Bonchev–Trinajstić information content (AvgIpc) is 2.91. The number of aliphatic hydroxyl groups excluding tert-OH is 1. The first-order valence-corrected chi connectivity index (χ1v) is 9.03. The van der Waals surface area contributed by atoms with Crippen LogP contribution in [-0.4, -0.2) is 39.7 Å². The second kappa shape index (κ2) is 6.69. The van der Waals surface area contributed by atoms with E-state index in [2.05, 4.69) is 19.7 Å². The Kier molecular flexibility index (Phi) is 4.57. The minimum absolute atomic E-state index is 0.00160. The van der Waals surface area contributed by atoms with E-state index in [0.29, 0.717) is 0 Å². The first-order chi connectivity index (χ1) is 12.3. The molecule has 0 saturated carbocycles. The molecule has 4 N–H and O–H groups in total. The molecule has 1 aromatic carbocycles. The molecule has 0 fully saturated rings. The molecule has 26 heavy (non-hydrogen) atoms. The highest BCUT2D eigenvalue weighted by Gasteiger charge is 2.19. The molecule has 0 spiro atoms. The van der Waals surface area contributed by atoms with Gasteiger partial charge in [0.15, 0.2) is 11.5 Å². The maximum atomic E-state index is 12.5. The zero-order valence-electron chi connectivity index (χ0n) is 13.7. The Bertz CT molecular complexity index is 1130. The zero-order valence-corrected chi connectivity index (χ0v) is 14.6. The SMILES string of the molecule is Cc1ccc(S(=O)(=O)Nc2nc(=O)nc3c(ncn3CCO)c2N)cc1. The van der Waals surface area contributed by atoms with E-state index in [0.717, 1.165) is 5.56 Å². The van der Waals surface area contributed by atoms with Gasteiger partial charge in [-0.3, -0.25) is 4.72 Å². The first-order valence-electron chi connectivity index (χ1n) is 7.55. The van der Waals surface area contributed by atoms with E-state index in [4.69, 9.17) is 10.8 Å². The maximum Gasteiger partial charge on any atom is 0.371 e. The third-order valence-corrected chi connectivity index (χ3v) is 4.99. The van der Waals surface area contributed by atoms with E-state index in [1.54, 1.807) is 12.1 Å². The topological polar surface area (TPSA) is 153 Å². The van der Waals surface area contributed by atoms with Crippen molar-refractivity contribution < 1.29 is 13.5 Å². The van der Waals surface area contributed by atoms with Crippen LogP contribution >= 0.6 is 0 Å². The number of fused-ring (bicyclic) bond motifs is 1. The summed E-state index contributed by atoms with van der Waals surface area (Å²) in [6.07, 6.45) is 1.35. The lowest BCUT2D eigenvalue weighted by atomic mass is 10.2. The van der Waals surface area contributed by atoms with Crippen LogP contribution in [0.2, 0.25) is 0 Å². The summed E-state index contributed by atoms with van der Waals surface area (Å²) in [6, 6.07) is 6.15. The van der Waals surface area contributed by atoms with Gasteiger partial charge in [-0.15, -0.1) is 0 Å². The molecule has 2 aromatic heterocycles. The quantitative estimate of drug-likeness (QED) is 0.556. The number of rotatable bonds is 5. The fraction of sp³-hybridized carbons (Fsp3) is 0.200. The molecule has 11 heteroatoms. The summed E-state index contributed by atoms with van der Waals surface area (Å²) in [5.41, 5.74) is 6.02. The zero-order chi connectivity index (χ0) is 18.9. The predicted octanol–water partition coefficient (Wildman–Crippen LogP) is -0.130. The number of hydrogen-bond donors (Lipinski definition) is 3. The summed E-state index contributed by atoms with van der Waals surface area (Å²) in [5, 5.41) is 9.06. The molecule has 0 amide bonds. The van der Waals surface area contributed by atoms with Gasteiger partial charge < -0.3 is 15.4 Å². The largest absolute Gasteiger partial charge is 0.395 e. The molecule has 0 atom stereocenters. The molecule has 3 aromatic rings. The van der Waals surface area contributed by atoms with Crippen molar-refractivity contribution >= 4 is 32.7 Å². The third-order valence-electron chi connectivity index (χ3n) is 3.63. The van der Waals surface area contributed by atoms with Crippen molar-refractivity contribution in [1.82, 2.24) is 19.5 Å². The highest BCUT2D eigenvalue weighted by atomic mass is 32.2. The van der Waals surface area contributed by atoms with Gasteiger partial charge >= 0.3 is 5.69 Å². The molecule has 0 aliphatic rings. The van der Waals surface area contributed by atoms with E-state index in [-0.39, 0.29) is 40.7 Å². The van der Waals surface area contributed by atoms with Crippen LogP contribution < -0.4 is 16.1 Å². The van der Waals surface area contributed by atoms with Crippen LogP contribution in [0.3, 0.4) is 0 Å². The average molecular weight is 376 g/mol. The second-order valence-corrected chi connectivity index (χ2v) is 7.20. The van der Waals surface area contributed by atoms with Crippen molar-refractivity contribution in [3.63, 3.8) is 0 Å². The van der Waals surface area contributed by atoms with Crippen molar-refractivity contribution in [2.45, 2.75) is 18.4 Å². The number of aromatic nitrogens is 4. The van der Waals surface area contributed by atoms with Crippen LogP contribution in [0, 0.1) is 6.92 Å². The number of nitrogens with one attached hydrogen (secondary N) is 1. The summed E-state index contributed by atoms with van der Waals surface area (Å²) in [7, 11) is -4.01. The third kappa shape index (κ3) is 3.34. The van der Waals surface area contributed by atoms with Crippen molar-refractivity contribution in [2.75, 3.05) is 17.1 Å². The number of nitrogens with two attached hydrogens (primary N) is 1. The van der Waals surface area contributed by atoms with E-state index in [1.165, 1.54) is 23.0 Å². The number of sulfonamides is 1. The summed E-state index contributed by atoms with van der Waals surface area (Å²) < 4.78 is 28.7. The lowest BCUT2D eigenvalue weighted by Crippen LogP contribution is -2.17. The number of aryl methyl sites for hydroxylation is 1. The normalized spacial score (nSPS) is 11.6. The molecule has 0 radical (unpaired) electrons. The van der Waals surface area contributed by atoms with E-state index < -0.39 is 15.7 Å². The van der Waals surface area contributed by atoms with Crippen LogP contribution in [0.15, 0.2) is 40.3 Å². The van der Waals surface area contributed by atoms with Gasteiger partial charge in [-0.25, -0.2) is 18.2 Å². The van der Waals surface area contributed by atoms with Crippen molar-refractivity contribution in [3.8, 4) is 0 Å². The lowest BCUT2D eigenvalue weighted by Gasteiger charge is -2.07. The van der Waals surface area contributed by atoms with Crippen molar-refractivity contribution in [1.29, 1.82) is 0 Å². The van der Waals surface area contributed by atoms with Crippen molar-refractivity contribution in [2.24, 2.45) is 0 Å².